The molecule has 1 aromatic carbocycles. The molecule has 0 N–H and O–H groups in total. The van der Waals surface area contributed by atoms with Gasteiger partial charge in [-0.1, -0.05) is 11.6 Å². The fraction of sp³-hybridized carbons (Fsp3) is 0.182. The minimum Gasteiger partial charge on any atom is -0.497 e. The SMILES string of the molecule is COc1ccc2nc(C)c([N+](=O)[O-])c(Cl)c2c1. The van der Waals surface area contributed by atoms with E-state index in [0.717, 1.165) is 0 Å². The highest BCUT2D eigenvalue weighted by atomic mass is 35.5. The predicted octanol–water partition coefficient (Wildman–Crippen LogP) is 3.11. The molecule has 1 aromatic heterocycles. The Kier molecular flexibility index (Phi) is 2.85. The molecular formula is C11H9ClN2O3. The first-order chi connectivity index (χ1) is 8.04. The number of rotatable bonds is 2. The van der Waals surface area contributed by atoms with Gasteiger partial charge in [0.25, 0.3) is 0 Å². The molecule has 0 spiro atoms. The summed E-state index contributed by atoms with van der Waals surface area (Å²) in [5.74, 6) is 0.583. The first kappa shape index (κ1) is 11.6. The van der Waals surface area contributed by atoms with Crippen LogP contribution in [0.3, 0.4) is 0 Å². The maximum absolute atomic E-state index is 10.9. The third kappa shape index (κ3) is 1.89. The van der Waals surface area contributed by atoms with Crippen LogP contribution in [-0.2, 0) is 0 Å². The molecule has 0 radical (unpaired) electrons. The van der Waals surface area contributed by atoms with Gasteiger partial charge in [-0.05, 0) is 25.1 Å². The Morgan fingerprint density at radius 2 is 2.18 bits per heavy atom. The van der Waals surface area contributed by atoms with Crippen LogP contribution in [0.1, 0.15) is 5.69 Å². The standard InChI is InChI=1S/C11H9ClN2O3/c1-6-11(14(15)16)10(12)8-5-7(17-2)3-4-9(8)13-6/h3-5H,1-2H3. The van der Waals surface area contributed by atoms with Gasteiger partial charge in [0.1, 0.15) is 16.5 Å². The fourth-order valence-electron chi connectivity index (χ4n) is 1.65. The molecule has 2 aromatic rings. The molecule has 6 heteroatoms. The first-order valence-corrected chi connectivity index (χ1v) is 5.20. The number of nitro groups is 1. The van der Waals surface area contributed by atoms with Gasteiger partial charge in [-0.3, -0.25) is 10.1 Å². The van der Waals surface area contributed by atoms with Crippen LogP contribution < -0.4 is 4.74 Å². The number of ether oxygens (including phenoxy) is 1. The summed E-state index contributed by atoms with van der Waals surface area (Å²) in [5, 5.41) is 11.5. The number of aromatic nitrogens is 1. The molecule has 1 heterocycles. The zero-order valence-corrected chi connectivity index (χ0v) is 9.99. The lowest BCUT2D eigenvalue weighted by Crippen LogP contribution is -1.97. The zero-order valence-electron chi connectivity index (χ0n) is 9.23. The Labute approximate surface area is 102 Å². The number of methoxy groups -OCH3 is 1. The van der Waals surface area contributed by atoms with Crippen LogP contribution in [0, 0.1) is 17.0 Å². The molecule has 0 bridgehead atoms. The number of benzene rings is 1. The van der Waals surface area contributed by atoms with Crippen molar-refractivity contribution >= 4 is 28.2 Å². The molecule has 17 heavy (non-hydrogen) atoms. The average Bonchev–Trinajstić information content (AvgIpc) is 2.28. The van der Waals surface area contributed by atoms with Crippen LogP contribution in [0.2, 0.25) is 5.02 Å². The van der Waals surface area contributed by atoms with E-state index in [1.807, 2.05) is 0 Å². The topological polar surface area (TPSA) is 65.3 Å². The van der Waals surface area contributed by atoms with Gasteiger partial charge in [0, 0.05) is 5.39 Å². The second-order valence-corrected chi connectivity index (χ2v) is 3.88. The third-order valence-electron chi connectivity index (χ3n) is 2.46. The van der Waals surface area contributed by atoms with Crippen molar-refractivity contribution < 1.29 is 9.66 Å². The maximum Gasteiger partial charge on any atom is 0.309 e. The van der Waals surface area contributed by atoms with E-state index in [9.17, 15) is 10.1 Å². The van der Waals surface area contributed by atoms with Gasteiger partial charge in [0.05, 0.1) is 17.5 Å². The molecule has 0 unspecified atom stereocenters. The third-order valence-corrected chi connectivity index (χ3v) is 2.84. The summed E-state index contributed by atoms with van der Waals surface area (Å²) in [6.45, 7) is 1.56. The highest BCUT2D eigenvalue weighted by Gasteiger charge is 2.20. The largest absolute Gasteiger partial charge is 0.497 e. The van der Waals surface area contributed by atoms with E-state index in [1.54, 1.807) is 25.1 Å². The summed E-state index contributed by atoms with van der Waals surface area (Å²) in [6.07, 6.45) is 0. The van der Waals surface area contributed by atoms with Crippen molar-refractivity contribution in [1.29, 1.82) is 0 Å². The molecule has 0 aliphatic carbocycles. The van der Waals surface area contributed by atoms with Gasteiger partial charge in [-0.15, -0.1) is 0 Å². The lowest BCUT2D eigenvalue weighted by Gasteiger charge is -2.06. The predicted molar refractivity (Wildman–Crippen MR) is 64.7 cm³/mol. The minimum absolute atomic E-state index is 0.0939. The number of aryl methyl sites for hydroxylation is 1. The lowest BCUT2D eigenvalue weighted by molar-refractivity contribution is -0.385. The summed E-state index contributed by atoms with van der Waals surface area (Å²) < 4.78 is 5.05. The second kappa shape index (κ2) is 4.18. The minimum atomic E-state index is -0.524. The lowest BCUT2D eigenvalue weighted by atomic mass is 10.1. The Hall–Kier alpha value is -1.88. The van der Waals surface area contributed by atoms with Crippen LogP contribution in [0.25, 0.3) is 10.9 Å². The van der Waals surface area contributed by atoms with Crippen LogP contribution in [0.5, 0.6) is 5.75 Å². The molecular weight excluding hydrogens is 244 g/mol. The molecule has 0 saturated heterocycles. The summed E-state index contributed by atoms with van der Waals surface area (Å²) in [5.41, 5.74) is 0.754. The van der Waals surface area contributed by atoms with E-state index in [4.69, 9.17) is 16.3 Å². The quantitative estimate of drug-likeness (QED) is 0.608. The molecule has 0 atom stereocenters. The number of fused-ring (bicyclic) bond motifs is 1. The number of nitrogens with zero attached hydrogens (tertiary/aromatic N) is 2. The maximum atomic E-state index is 10.9. The van der Waals surface area contributed by atoms with Gasteiger partial charge in [0.2, 0.25) is 0 Å². The number of hydrogen-bond acceptors (Lipinski definition) is 4. The Bertz CT molecular complexity index is 613. The summed E-state index contributed by atoms with van der Waals surface area (Å²) in [4.78, 5) is 14.5. The van der Waals surface area contributed by atoms with Gasteiger partial charge in [-0.2, -0.15) is 0 Å². The summed E-state index contributed by atoms with van der Waals surface area (Å²) in [7, 11) is 1.52. The van der Waals surface area contributed by atoms with Gasteiger partial charge in [0.15, 0.2) is 0 Å². The Balaban J connectivity index is 2.83. The van der Waals surface area contributed by atoms with Crippen molar-refractivity contribution in [3.63, 3.8) is 0 Å². The van der Waals surface area contributed by atoms with Crippen LogP contribution in [0.15, 0.2) is 18.2 Å². The van der Waals surface area contributed by atoms with Crippen molar-refractivity contribution in [2.75, 3.05) is 7.11 Å². The van der Waals surface area contributed by atoms with Gasteiger partial charge >= 0.3 is 5.69 Å². The summed E-state index contributed by atoms with van der Waals surface area (Å²) in [6, 6.07) is 5.09. The number of hydrogen-bond donors (Lipinski definition) is 0. The average molecular weight is 253 g/mol. The number of pyridine rings is 1. The highest BCUT2D eigenvalue weighted by Crippen LogP contribution is 2.35. The Morgan fingerprint density at radius 3 is 2.76 bits per heavy atom. The zero-order chi connectivity index (χ0) is 12.6. The second-order valence-electron chi connectivity index (χ2n) is 3.50. The molecule has 0 aliphatic rings. The monoisotopic (exact) mass is 252 g/mol. The van der Waals surface area contributed by atoms with E-state index in [-0.39, 0.29) is 10.7 Å². The van der Waals surface area contributed by atoms with E-state index in [0.29, 0.717) is 22.3 Å². The van der Waals surface area contributed by atoms with Crippen molar-refractivity contribution in [2.45, 2.75) is 6.92 Å². The van der Waals surface area contributed by atoms with E-state index in [1.165, 1.54) is 7.11 Å². The van der Waals surface area contributed by atoms with Crippen molar-refractivity contribution in [3.8, 4) is 5.75 Å². The molecule has 0 saturated carbocycles. The normalized spacial score (nSPS) is 10.5. The van der Waals surface area contributed by atoms with Crippen molar-refractivity contribution in [2.24, 2.45) is 0 Å². The van der Waals surface area contributed by atoms with Crippen LogP contribution in [0.4, 0.5) is 5.69 Å². The van der Waals surface area contributed by atoms with E-state index >= 15 is 0 Å². The van der Waals surface area contributed by atoms with Crippen molar-refractivity contribution in [1.82, 2.24) is 4.98 Å². The fourth-order valence-corrected chi connectivity index (χ4v) is 2.00. The van der Waals surface area contributed by atoms with Gasteiger partial charge < -0.3 is 4.74 Å². The molecule has 0 fully saturated rings. The molecule has 2 rings (SSSR count). The smallest absolute Gasteiger partial charge is 0.309 e. The molecule has 88 valence electrons. The molecule has 0 aliphatic heterocycles. The van der Waals surface area contributed by atoms with Crippen LogP contribution >= 0.6 is 11.6 Å². The van der Waals surface area contributed by atoms with Crippen LogP contribution in [-0.4, -0.2) is 17.0 Å². The first-order valence-electron chi connectivity index (χ1n) is 4.83. The molecule has 5 nitrogen and oxygen atoms in total. The van der Waals surface area contributed by atoms with Gasteiger partial charge in [-0.25, -0.2) is 4.98 Å². The summed E-state index contributed by atoms with van der Waals surface area (Å²) >= 11 is 6.03. The van der Waals surface area contributed by atoms with E-state index < -0.39 is 4.92 Å². The molecule has 0 amide bonds. The Morgan fingerprint density at radius 1 is 1.47 bits per heavy atom. The number of halogens is 1. The van der Waals surface area contributed by atoms with Crippen molar-refractivity contribution in [3.05, 3.63) is 39.0 Å². The van der Waals surface area contributed by atoms with E-state index in [2.05, 4.69) is 4.98 Å². The highest BCUT2D eigenvalue weighted by molar-refractivity contribution is 6.37.